The number of benzene rings is 1. The number of thiophene rings is 1. The molecule has 4 rings (SSSR count). The van der Waals surface area contributed by atoms with E-state index in [0.717, 1.165) is 35.2 Å². The zero-order chi connectivity index (χ0) is 19.6. The van der Waals surface area contributed by atoms with Gasteiger partial charge in [0.25, 0.3) is 0 Å². The van der Waals surface area contributed by atoms with Crippen LogP contribution < -0.4 is 5.32 Å². The fraction of sp³-hybridized carbons (Fsp3) is 0.300. The molecule has 1 N–H and O–H groups in total. The van der Waals surface area contributed by atoms with E-state index in [9.17, 15) is 4.79 Å². The summed E-state index contributed by atoms with van der Waals surface area (Å²) in [6.45, 7) is 2.19. The number of nitrogens with zero attached hydrogens (tertiary/aromatic N) is 3. The molecular weight excluding hydrogens is 392 g/mol. The van der Waals surface area contributed by atoms with Gasteiger partial charge >= 0.3 is 5.97 Å². The van der Waals surface area contributed by atoms with Gasteiger partial charge in [-0.05, 0) is 61.9 Å². The number of thioether (sulfide) groups is 1. The molecule has 1 saturated carbocycles. The molecule has 6 nitrogen and oxygen atoms in total. The van der Waals surface area contributed by atoms with Gasteiger partial charge in [-0.15, -0.1) is 11.3 Å². The van der Waals surface area contributed by atoms with Crippen LogP contribution in [0.1, 0.15) is 31.7 Å². The van der Waals surface area contributed by atoms with Crippen molar-refractivity contribution in [2.24, 2.45) is 0 Å². The van der Waals surface area contributed by atoms with E-state index in [1.54, 1.807) is 12.1 Å². The van der Waals surface area contributed by atoms with E-state index in [1.807, 2.05) is 30.5 Å². The molecule has 0 saturated heterocycles. The maximum Gasteiger partial charge on any atom is 0.322 e. The molecule has 0 atom stereocenters. The minimum Gasteiger partial charge on any atom is -0.465 e. The van der Waals surface area contributed by atoms with Crippen LogP contribution in [-0.2, 0) is 9.53 Å². The van der Waals surface area contributed by atoms with Crippen molar-refractivity contribution < 1.29 is 9.53 Å². The average molecular weight is 411 g/mol. The lowest BCUT2D eigenvalue weighted by Gasteiger charge is -2.37. The van der Waals surface area contributed by atoms with Crippen LogP contribution in [0.2, 0.25) is 0 Å². The summed E-state index contributed by atoms with van der Waals surface area (Å²) in [5.41, 5.74) is 1.44. The largest absolute Gasteiger partial charge is 0.465 e. The second kappa shape index (κ2) is 7.78. The van der Waals surface area contributed by atoms with Crippen LogP contribution >= 0.6 is 23.1 Å². The topological polar surface area (TPSA) is 87.9 Å². The van der Waals surface area contributed by atoms with Gasteiger partial charge in [-0.2, -0.15) is 5.26 Å². The first-order chi connectivity index (χ1) is 13.6. The summed E-state index contributed by atoms with van der Waals surface area (Å²) in [6.07, 6.45) is 2.56. The molecule has 1 fully saturated rings. The lowest BCUT2D eigenvalue weighted by Crippen LogP contribution is -2.43. The van der Waals surface area contributed by atoms with Gasteiger partial charge in [0.15, 0.2) is 5.16 Å². The van der Waals surface area contributed by atoms with E-state index >= 15 is 0 Å². The molecule has 2 aromatic heterocycles. The summed E-state index contributed by atoms with van der Waals surface area (Å²) in [6, 6.07) is 11.3. The van der Waals surface area contributed by atoms with E-state index in [2.05, 4.69) is 16.4 Å². The van der Waals surface area contributed by atoms with Crippen molar-refractivity contribution in [2.75, 3.05) is 11.9 Å². The average Bonchev–Trinajstić information content (AvgIpc) is 3.14. The van der Waals surface area contributed by atoms with Crippen LogP contribution in [0.4, 0.5) is 11.5 Å². The third kappa shape index (κ3) is 3.55. The van der Waals surface area contributed by atoms with Crippen molar-refractivity contribution in [1.29, 1.82) is 5.26 Å². The van der Waals surface area contributed by atoms with Gasteiger partial charge in [-0.3, -0.25) is 4.79 Å². The van der Waals surface area contributed by atoms with Gasteiger partial charge in [0, 0.05) is 5.69 Å². The number of carbonyl (C=O) groups excluding carboxylic acids is 1. The van der Waals surface area contributed by atoms with E-state index in [-0.39, 0.29) is 5.97 Å². The highest BCUT2D eigenvalue weighted by molar-refractivity contribution is 8.01. The molecule has 8 heteroatoms. The van der Waals surface area contributed by atoms with E-state index in [1.165, 1.54) is 23.1 Å². The first-order valence-corrected chi connectivity index (χ1v) is 10.7. The van der Waals surface area contributed by atoms with Crippen LogP contribution in [0.25, 0.3) is 10.2 Å². The van der Waals surface area contributed by atoms with Crippen molar-refractivity contribution in [3.05, 3.63) is 41.3 Å². The Kier molecular flexibility index (Phi) is 5.20. The lowest BCUT2D eigenvalue weighted by molar-refractivity contribution is -0.148. The molecule has 1 aliphatic rings. The normalized spacial score (nSPS) is 14.9. The summed E-state index contributed by atoms with van der Waals surface area (Å²) in [5.74, 6) is 0.513. The Balaban J connectivity index is 1.65. The van der Waals surface area contributed by atoms with Crippen LogP contribution in [0.3, 0.4) is 0 Å². The number of anilines is 2. The Bertz CT molecular complexity index is 1050. The number of nitriles is 1. The van der Waals surface area contributed by atoms with Crippen LogP contribution in [0.5, 0.6) is 0 Å². The third-order valence-electron chi connectivity index (χ3n) is 4.68. The molecule has 2 heterocycles. The summed E-state index contributed by atoms with van der Waals surface area (Å²) in [5, 5.41) is 15.7. The number of aromatic nitrogens is 2. The summed E-state index contributed by atoms with van der Waals surface area (Å²) in [7, 11) is 0. The molecule has 3 aromatic rings. The molecular formula is C20H18N4O2S2. The molecule has 1 aromatic carbocycles. The predicted octanol–water partition coefficient (Wildman–Crippen LogP) is 4.88. The first-order valence-electron chi connectivity index (χ1n) is 9.02. The lowest BCUT2D eigenvalue weighted by atomic mass is 9.84. The molecule has 0 amide bonds. The van der Waals surface area contributed by atoms with Crippen molar-refractivity contribution in [3.63, 3.8) is 0 Å². The number of fused-ring (bicyclic) bond motifs is 1. The number of hydrogen-bond acceptors (Lipinski definition) is 8. The zero-order valence-corrected chi connectivity index (χ0v) is 16.9. The van der Waals surface area contributed by atoms with E-state index in [4.69, 9.17) is 15.0 Å². The number of esters is 1. The van der Waals surface area contributed by atoms with E-state index in [0.29, 0.717) is 23.1 Å². The Morgan fingerprint density at radius 3 is 2.75 bits per heavy atom. The van der Waals surface area contributed by atoms with Crippen molar-refractivity contribution in [1.82, 2.24) is 9.97 Å². The maximum absolute atomic E-state index is 12.5. The smallest absolute Gasteiger partial charge is 0.322 e. The number of nitrogens with one attached hydrogen (secondary N) is 1. The number of ether oxygens (including phenoxy) is 1. The fourth-order valence-electron chi connectivity index (χ4n) is 3.02. The summed E-state index contributed by atoms with van der Waals surface area (Å²) < 4.78 is 4.71. The van der Waals surface area contributed by atoms with Crippen LogP contribution in [0.15, 0.2) is 40.9 Å². The SMILES string of the molecule is CCOC(=O)C1(Sc2nc(Nc3ccc(C#N)cc3)c3ccsc3n2)CCC1. The summed E-state index contributed by atoms with van der Waals surface area (Å²) >= 11 is 2.94. The van der Waals surface area contributed by atoms with Crippen molar-refractivity contribution >= 4 is 50.8 Å². The van der Waals surface area contributed by atoms with Crippen molar-refractivity contribution in [3.8, 4) is 6.07 Å². The van der Waals surface area contributed by atoms with Crippen LogP contribution in [0, 0.1) is 11.3 Å². The molecule has 0 bridgehead atoms. The second-order valence-corrected chi connectivity index (χ2v) is 8.72. The molecule has 0 radical (unpaired) electrons. The zero-order valence-electron chi connectivity index (χ0n) is 15.3. The predicted molar refractivity (Wildman–Crippen MR) is 111 cm³/mol. The standard InChI is InChI=1S/C20H18N4O2S2/c1-2-26-18(25)20(9-3-10-20)28-19-23-16(15-8-11-27-17(15)24-19)22-14-6-4-13(12-21)5-7-14/h4-8,11H,2-3,9-10H2,1H3,(H,22,23,24). The Hall–Kier alpha value is -2.63. The molecule has 1 aliphatic carbocycles. The Labute approximate surface area is 171 Å². The number of carbonyl (C=O) groups is 1. The minimum atomic E-state index is -0.577. The van der Waals surface area contributed by atoms with Gasteiger partial charge in [0.1, 0.15) is 15.4 Å². The maximum atomic E-state index is 12.5. The Morgan fingerprint density at radius 2 is 2.11 bits per heavy atom. The Morgan fingerprint density at radius 1 is 1.32 bits per heavy atom. The fourth-order valence-corrected chi connectivity index (χ4v) is 5.10. The molecule has 28 heavy (non-hydrogen) atoms. The quantitative estimate of drug-likeness (QED) is 0.457. The van der Waals surface area contributed by atoms with E-state index < -0.39 is 4.75 Å². The molecule has 0 spiro atoms. The van der Waals surface area contributed by atoms with Gasteiger partial charge in [0.2, 0.25) is 0 Å². The number of hydrogen-bond donors (Lipinski definition) is 1. The van der Waals surface area contributed by atoms with Gasteiger partial charge < -0.3 is 10.1 Å². The van der Waals surface area contributed by atoms with Crippen LogP contribution in [-0.4, -0.2) is 27.3 Å². The van der Waals surface area contributed by atoms with Crippen molar-refractivity contribution in [2.45, 2.75) is 36.1 Å². The van der Waals surface area contributed by atoms with Gasteiger partial charge in [-0.1, -0.05) is 11.8 Å². The van der Waals surface area contributed by atoms with Gasteiger partial charge in [0.05, 0.1) is 23.6 Å². The molecule has 0 aliphatic heterocycles. The minimum absolute atomic E-state index is 0.178. The number of rotatable bonds is 6. The van der Waals surface area contributed by atoms with Gasteiger partial charge in [-0.25, -0.2) is 9.97 Å². The monoisotopic (exact) mass is 410 g/mol. The first kappa shape index (κ1) is 18.7. The molecule has 0 unspecified atom stereocenters. The highest BCUT2D eigenvalue weighted by Crippen LogP contribution is 2.48. The molecule has 142 valence electrons. The highest BCUT2D eigenvalue weighted by atomic mass is 32.2. The summed E-state index contributed by atoms with van der Waals surface area (Å²) in [4.78, 5) is 22.7. The highest BCUT2D eigenvalue weighted by Gasteiger charge is 2.47. The second-order valence-electron chi connectivity index (χ2n) is 6.48. The third-order valence-corrected chi connectivity index (χ3v) is 6.81.